The summed E-state index contributed by atoms with van der Waals surface area (Å²) in [6, 6.07) is 2.40. The third-order valence-electron chi connectivity index (χ3n) is 3.67. The summed E-state index contributed by atoms with van der Waals surface area (Å²) < 4.78 is 0. The lowest BCUT2D eigenvalue weighted by Crippen LogP contribution is -2.45. The number of hydrogen-bond donors (Lipinski definition) is 2. The van der Waals surface area contributed by atoms with Crippen LogP contribution in [0.3, 0.4) is 0 Å². The summed E-state index contributed by atoms with van der Waals surface area (Å²) in [5.41, 5.74) is -0.617. The molecule has 1 heterocycles. The van der Waals surface area contributed by atoms with Crippen LogP contribution in [0.5, 0.6) is 0 Å². The molecule has 102 valence electrons. The lowest BCUT2D eigenvalue weighted by Gasteiger charge is -2.37. The maximum atomic E-state index is 9.54. The van der Waals surface area contributed by atoms with Crippen LogP contribution in [0.1, 0.15) is 32.6 Å². The van der Waals surface area contributed by atoms with Gasteiger partial charge in [-0.3, -0.25) is 0 Å². The summed E-state index contributed by atoms with van der Waals surface area (Å²) in [7, 11) is 1.71. The molecular weight excluding hydrogens is 264 g/mol. The van der Waals surface area contributed by atoms with Crippen molar-refractivity contribution in [1.29, 1.82) is 5.26 Å². The highest BCUT2D eigenvalue weighted by Crippen LogP contribution is 2.35. The molecule has 1 aliphatic rings. The highest BCUT2D eigenvalue weighted by Gasteiger charge is 2.39. The third kappa shape index (κ3) is 2.87. The van der Waals surface area contributed by atoms with Crippen LogP contribution in [0.4, 0.5) is 11.9 Å². The van der Waals surface area contributed by atoms with Crippen molar-refractivity contribution in [3.8, 4) is 6.07 Å². The monoisotopic (exact) mass is 280 g/mol. The van der Waals surface area contributed by atoms with E-state index >= 15 is 0 Å². The van der Waals surface area contributed by atoms with Gasteiger partial charge in [-0.05, 0) is 30.4 Å². The maximum Gasteiger partial charge on any atom is 0.230 e. The van der Waals surface area contributed by atoms with E-state index in [2.05, 4.69) is 38.6 Å². The Balaban J connectivity index is 2.28. The van der Waals surface area contributed by atoms with Crippen LogP contribution < -0.4 is 10.6 Å². The molecule has 0 saturated heterocycles. The van der Waals surface area contributed by atoms with Gasteiger partial charge in [0.25, 0.3) is 0 Å². The molecule has 1 aliphatic carbocycles. The van der Waals surface area contributed by atoms with Gasteiger partial charge in [0.05, 0.1) is 6.07 Å². The highest BCUT2D eigenvalue weighted by atomic mass is 35.5. The van der Waals surface area contributed by atoms with Crippen molar-refractivity contribution in [2.45, 2.75) is 38.1 Å². The molecule has 19 heavy (non-hydrogen) atoms. The van der Waals surface area contributed by atoms with Crippen molar-refractivity contribution in [2.24, 2.45) is 5.92 Å². The fourth-order valence-electron chi connectivity index (χ4n) is 2.44. The molecule has 1 aromatic rings. The Kier molecular flexibility index (Phi) is 4.05. The normalized spacial score (nSPS) is 26.5. The number of aromatic nitrogens is 3. The largest absolute Gasteiger partial charge is 0.357 e. The molecule has 7 heteroatoms. The molecule has 0 spiro atoms. The van der Waals surface area contributed by atoms with Gasteiger partial charge < -0.3 is 10.6 Å². The minimum atomic E-state index is -0.617. The number of nitriles is 1. The Labute approximate surface area is 117 Å². The summed E-state index contributed by atoms with van der Waals surface area (Å²) >= 11 is 5.85. The van der Waals surface area contributed by atoms with Gasteiger partial charge in [-0.15, -0.1) is 0 Å². The zero-order valence-electron chi connectivity index (χ0n) is 11.1. The summed E-state index contributed by atoms with van der Waals surface area (Å²) in [5, 5.41) is 15.6. The van der Waals surface area contributed by atoms with Crippen LogP contribution >= 0.6 is 11.6 Å². The second-order valence-corrected chi connectivity index (χ2v) is 5.19. The zero-order valence-corrected chi connectivity index (χ0v) is 11.8. The van der Waals surface area contributed by atoms with E-state index < -0.39 is 5.54 Å². The molecule has 0 bridgehead atoms. The van der Waals surface area contributed by atoms with Crippen molar-refractivity contribution < 1.29 is 0 Å². The lowest BCUT2D eigenvalue weighted by molar-refractivity contribution is 0.285. The Morgan fingerprint density at radius 3 is 2.68 bits per heavy atom. The van der Waals surface area contributed by atoms with Gasteiger partial charge in [0, 0.05) is 7.05 Å². The molecular formula is C12H17ClN6. The first-order chi connectivity index (χ1) is 9.09. The SMILES string of the molecule is CNc1nc(Cl)nc(NC2(C#N)CCCCC2C)n1. The fourth-order valence-corrected chi connectivity index (χ4v) is 2.60. The molecule has 2 unspecified atom stereocenters. The third-order valence-corrected chi connectivity index (χ3v) is 3.83. The molecule has 2 N–H and O–H groups in total. The molecule has 2 rings (SSSR count). The van der Waals surface area contributed by atoms with Crippen LogP contribution in [0, 0.1) is 17.2 Å². The van der Waals surface area contributed by atoms with E-state index in [1.165, 1.54) is 0 Å². The van der Waals surface area contributed by atoms with Gasteiger partial charge >= 0.3 is 0 Å². The van der Waals surface area contributed by atoms with Crippen molar-refractivity contribution in [2.75, 3.05) is 17.7 Å². The first-order valence-corrected chi connectivity index (χ1v) is 6.76. The van der Waals surface area contributed by atoms with Crippen LogP contribution in [-0.4, -0.2) is 27.5 Å². The predicted molar refractivity (Wildman–Crippen MR) is 74.0 cm³/mol. The summed E-state index contributed by atoms with van der Waals surface area (Å²) in [6.45, 7) is 2.08. The number of nitrogens with zero attached hydrogens (tertiary/aromatic N) is 4. The Bertz CT molecular complexity index is 499. The first kappa shape index (κ1) is 13.8. The topological polar surface area (TPSA) is 86.5 Å². The van der Waals surface area contributed by atoms with E-state index in [0.29, 0.717) is 11.9 Å². The van der Waals surface area contributed by atoms with E-state index in [1.54, 1.807) is 7.05 Å². The second-order valence-electron chi connectivity index (χ2n) is 4.86. The summed E-state index contributed by atoms with van der Waals surface area (Å²) in [5.74, 6) is 0.985. The van der Waals surface area contributed by atoms with Crippen molar-refractivity contribution in [3.63, 3.8) is 0 Å². The molecule has 1 fully saturated rings. The lowest BCUT2D eigenvalue weighted by atomic mass is 9.74. The van der Waals surface area contributed by atoms with Crippen molar-refractivity contribution >= 4 is 23.5 Å². The maximum absolute atomic E-state index is 9.54. The van der Waals surface area contributed by atoms with E-state index in [4.69, 9.17) is 11.6 Å². The van der Waals surface area contributed by atoms with Crippen LogP contribution in [0.15, 0.2) is 0 Å². The highest BCUT2D eigenvalue weighted by molar-refractivity contribution is 6.28. The average Bonchev–Trinajstić information content (AvgIpc) is 2.41. The second kappa shape index (κ2) is 5.57. The molecule has 0 aromatic carbocycles. The molecule has 0 amide bonds. The van der Waals surface area contributed by atoms with Gasteiger partial charge in [0.2, 0.25) is 17.2 Å². The molecule has 1 saturated carbocycles. The molecule has 0 aliphatic heterocycles. The summed E-state index contributed by atoms with van der Waals surface area (Å²) in [6.07, 6.45) is 4.01. The van der Waals surface area contributed by atoms with Gasteiger partial charge in [-0.2, -0.15) is 20.2 Å². The smallest absolute Gasteiger partial charge is 0.230 e. The standard InChI is InChI=1S/C12H17ClN6/c1-8-5-3-4-6-12(8,7-14)19-11-17-9(13)16-10(15-2)18-11/h8H,3-6H2,1-2H3,(H2,15,16,17,18,19). The molecule has 6 nitrogen and oxygen atoms in total. The fraction of sp³-hybridized carbons (Fsp3) is 0.667. The van der Waals surface area contributed by atoms with Gasteiger partial charge in [0.1, 0.15) is 5.54 Å². The van der Waals surface area contributed by atoms with Gasteiger partial charge in [-0.1, -0.05) is 19.8 Å². The number of halogens is 1. The predicted octanol–water partition coefficient (Wildman–Crippen LogP) is 2.45. The van der Waals surface area contributed by atoms with E-state index in [-0.39, 0.29) is 11.2 Å². The van der Waals surface area contributed by atoms with E-state index in [9.17, 15) is 5.26 Å². The van der Waals surface area contributed by atoms with Crippen molar-refractivity contribution in [1.82, 2.24) is 15.0 Å². The molecule has 1 aromatic heterocycles. The quantitative estimate of drug-likeness (QED) is 0.884. The van der Waals surface area contributed by atoms with Crippen LogP contribution in [0.2, 0.25) is 5.28 Å². The molecule has 2 atom stereocenters. The zero-order chi connectivity index (χ0) is 13.9. The van der Waals surface area contributed by atoms with Crippen LogP contribution in [0.25, 0.3) is 0 Å². The van der Waals surface area contributed by atoms with Gasteiger partial charge in [-0.25, -0.2) is 0 Å². The van der Waals surface area contributed by atoms with Crippen LogP contribution in [-0.2, 0) is 0 Å². The average molecular weight is 281 g/mol. The molecule has 0 radical (unpaired) electrons. The van der Waals surface area contributed by atoms with Crippen molar-refractivity contribution in [3.05, 3.63) is 5.28 Å². The van der Waals surface area contributed by atoms with Gasteiger partial charge in [0.15, 0.2) is 0 Å². The number of rotatable bonds is 3. The Morgan fingerprint density at radius 2 is 2.05 bits per heavy atom. The Hall–Kier alpha value is -1.61. The van der Waals surface area contributed by atoms with E-state index in [0.717, 1.165) is 25.7 Å². The summed E-state index contributed by atoms with van der Waals surface area (Å²) in [4.78, 5) is 12.2. The number of nitrogens with one attached hydrogen (secondary N) is 2. The van der Waals surface area contributed by atoms with E-state index in [1.807, 2.05) is 0 Å². The Morgan fingerprint density at radius 1 is 1.32 bits per heavy atom. The number of hydrogen-bond acceptors (Lipinski definition) is 6. The minimum absolute atomic E-state index is 0.110. The minimum Gasteiger partial charge on any atom is -0.357 e. The first-order valence-electron chi connectivity index (χ1n) is 6.38. The number of anilines is 2.